The maximum absolute atomic E-state index is 13.0. The number of hydrogen-bond acceptors (Lipinski definition) is 5. The molecule has 0 atom stereocenters. The first-order valence-corrected chi connectivity index (χ1v) is 9.74. The van der Waals surface area contributed by atoms with Crippen molar-refractivity contribution in [3.05, 3.63) is 71.6 Å². The number of anilines is 1. The van der Waals surface area contributed by atoms with Gasteiger partial charge in [-0.15, -0.1) is 0 Å². The van der Waals surface area contributed by atoms with Gasteiger partial charge in [-0.05, 0) is 56.3 Å². The zero-order valence-corrected chi connectivity index (χ0v) is 17.3. The van der Waals surface area contributed by atoms with E-state index in [1.165, 1.54) is 0 Å². The van der Waals surface area contributed by atoms with Gasteiger partial charge in [0.1, 0.15) is 0 Å². The van der Waals surface area contributed by atoms with E-state index in [0.29, 0.717) is 27.7 Å². The van der Waals surface area contributed by atoms with Crippen LogP contribution in [0.3, 0.4) is 0 Å². The maximum Gasteiger partial charge on any atom is 0.258 e. The fourth-order valence-corrected chi connectivity index (χ4v) is 3.33. The number of hydrogen-bond donors (Lipinski definition) is 2. The highest BCUT2D eigenvalue weighted by molar-refractivity contribution is 6.31. The first-order valence-electron chi connectivity index (χ1n) is 9.36. The molecular formula is C22H20ClN5O2. The number of amides is 1. The molecular weight excluding hydrogens is 402 g/mol. The number of aliphatic hydroxyl groups is 1. The van der Waals surface area contributed by atoms with E-state index >= 15 is 0 Å². The molecule has 0 aliphatic heterocycles. The predicted octanol–water partition coefficient (Wildman–Crippen LogP) is 4.17. The highest BCUT2D eigenvalue weighted by atomic mass is 35.5. The molecule has 30 heavy (non-hydrogen) atoms. The number of nitrogens with zero attached hydrogens (tertiary/aromatic N) is 4. The van der Waals surface area contributed by atoms with Crippen molar-refractivity contribution in [3.63, 3.8) is 0 Å². The zero-order chi connectivity index (χ0) is 21.3. The Morgan fingerprint density at radius 3 is 2.77 bits per heavy atom. The van der Waals surface area contributed by atoms with E-state index in [1.807, 2.05) is 18.2 Å². The van der Waals surface area contributed by atoms with Crippen LogP contribution in [0.15, 0.2) is 61.1 Å². The number of fused-ring (bicyclic) bond motifs is 1. The second-order valence-electron chi connectivity index (χ2n) is 7.59. The van der Waals surface area contributed by atoms with Crippen LogP contribution in [-0.4, -0.2) is 36.1 Å². The summed E-state index contributed by atoms with van der Waals surface area (Å²) in [6, 6.07) is 12.3. The lowest BCUT2D eigenvalue weighted by atomic mass is 10.1. The fraction of sp³-hybridized carbons (Fsp3) is 0.182. The van der Waals surface area contributed by atoms with E-state index in [4.69, 9.17) is 11.6 Å². The molecule has 1 aromatic carbocycles. The molecule has 152 valence electrons. The number of nitrogens with one attached hydrogen (secondary N) is 1. The van der Waals surface area contributed by atoms with Gasteiger partial charge in [-0.25, -0.2) is 4.98 Å². The van der Waals surface area contributed by atoms with Crippen molar-refractivity contribution in [3.8, 4) is 11.3 Å². The minimum Gasteiger partial charge on any atom is -0.389 e. The van der Waals surface area contributed by atoms with Crippen LogP contribution in [0.4, 0.5) is 5.95 Å². The van der Waals surface area contributed by atoms with E-state index in [-0.39, 0.29) is 12.5 Å². The van der Waals surface area contributed by atoms with Crippen molar-refractivity contribution in [2.45, 2.75) is 26.0 Å². The molecule has 0 saturated carbocycles. The molecule has 0 bridgehead atoms. The Bertz CT molecular complexity index is 1220. The summed E-state index contributed by atoms with van der Waals surface area (Å²) < 4.78 is 1.77. The first-order chi connectivity index (χ1) is 14.3. The van der Waals surface area contributed by atoms with Gasteiger partial charge in [-0.3, -0.25) is 20.1 Å². The van der Waals surface area contributed by atoms with Crippen LogP contribution in [-0.2, 0) is 6.54 Å². The summed E-state index contributed by atoms with van der Waals surface area (Å²) in [6.07, 6.45) is 4.95. The Labute approximate surface area is 178 Å². The van der Waals surface area contributed by atoms with E-state index in [0.717, 1.165) is 11.1 Å². The molecule has 2 N–H and O–H groups in total. The number of benzene rings is 1. The van der Waals surface area contributed by atoms with Crippen molar-refractivity contribution in [2.75, 3.05) is 5.32 Å². The van der Waals surface area contributed by atoms with Crippen molar-refractivity contribution in [1.29, 1.82) is 0 Å². The summed E-state index contributed by atoms with van der Waals surface area (Å²) in [7, 11) is 0. The van der Waals surface area contributed by atoms with Crippen LogP contribution >= 0.6 is 11.6 Å². The lowest BCUT2D eigenvalue weighted by Crippen LogP contribution is -2.27. The van der Waals surface area contributed by atoms with E-state index in [9.17, 15) is 9.90 Å². The average Bonchev–Trinajstić information content (AvgIpc) is 3.03. The van der Waals surface area contributed by atoms with Gasteiger partial charge in [0.2, 0.25) is 5.95 Å². The number of carbonyl (C=O) groups excluding carboxylic acids is 1. The molecule has 1 amide bonds. The number of imidazole rings is 1. The Morgan fingerprint density at radius 1 is 1.20 bits per heavy atom. The van der Waals surface area contributed by atoms with Crippen LogP contribution in [0.2, 0.25) is 5.02 Å². The average molecular weight is 422 g/mol. The Morgan fingerprint density at radius 2 is 2.03 bits per heavy atom. The van der Waals surface area contributed by atoms with Gasteiger partial charge in [0.05, 0.1) is 28.9 Å². The van der Waals surface area contributed by atoms with Crippen molar-refractivity contribution in [1.82, 2.24) is 19.5 Å². The number of aromatic nitrogens is 4. The minimum absolute atomic E-state index is 0.248. The van der Waals surface area contributed by atoms with Crippen molar-refractivity contribution >= 4 is 34.5 Å². The minimum atomic E-state index is -1.00. The Hall–Kier alpha value is -3.29. The lowest BCUT2D eigenvalue weighted by molar-refractivity contribution is 0.0630. The molecule has 7 nitrogen and oxygen atoms in total. The number of pyridine rings is 2. The van der Waals surface area contributed by atoms with Crippen molar-refractivity contribution < 1.29 is 9.90 Å². The van der Waals surface area contributed by atoms with E-state index in [2.05, 4.69) is 20.3 Å². The van der Waals surface area contributed by atoms with Gasteiger partial charge in [-0.1, -0.05) is 11.6 Å². The summed E-state index contributed by atoms with van der Waals surface area (Å²) in [4.78, 5) is 25.9. The molecule has 0 unspecified atom stereocenters. The summed E-state index contributed by atoms with van der Waals surface area (Å²) in [6.45, 7) is 3.64. The molecule has 0 radical (unpaired) electrons. The largest absolute Gasteiger partial charge is 0.389 e. The number of halogens is 1. The van der Waals surface area contributed by atoms with Crippen LogP contribution in [0.1, 0.15) is 24.2 Å². The maximum atomic E-state index is 13.0. The van der Waals surface area contributed by atoms with Crippen LogP contribution in [0.5, 0.6) is 0 Å². The molecule has 4 rings (SSSR count). The third-order valence-corrected chi connectivity index (χ3v) is 4.70. The monoisotopic (exact) mass is 421 g/mol. The van der Waals surface area contributed by atoms with Gasteiger partial charge in [-0.2, -0.15) is 0 Å². The molecule has 0 spiro atoms. The van der Waals surface area contributed by atoms with E-state index < -0.39 is 5.60 Å². The molecule has 0 aliphatic carbocycles. The molecule has 0 aliphatic rings. The standard InChI is InChI=1S/C22H20ClN5O2/c1-22(2,30)13-28-19-6-5-16(23)11-18(19)26-21(28)27-20(29)14-7-9-25-17(10-14)15-4-3-8-24-12-15/h3-12,30H,13H2,1-2H3,(H,26,27,29). The molecule has 0 saturated heterocycles. The van der Waals surface area contributed by atoms with Crippen LogP contribution < -0.4 is 5.32 Å². The van der Waals surface area contributed by atoms with Gasteiger partial charge < -0.3 is 9.67 Å². The van der Waals surface area contributed by atoms with Gasteiger partial charge in [0.25, 0.3) is 5.91 Å². The summed E-state index contributed by atoms with van der Waals surface area (Å²) >= 11 is 6.09. The van der Waals surface area contributed by atoms with Gasteiger partial charge in [0, 0.05) is 34.7 Å². The topological polar surface area (TPSA) is 92.9 Å². The molecule has 0 fully saturated rings. The third kappa shape index (κ3) is 4.32. The molecule has 3 heterocycles. The lowest BCUT2D eigenvalue weighted by Gasteiger charge is -2.20. The second-order valence-corrected chi connectivity index (χ2v) is 8.03. The SMILES string of the molecule is CC(C)(O)Cn1c(NC(=O)c2ccnc(-c3cccnc3)c2)nc2cc(Cl)ccc21. The normalized spacial score (nSPS) is 11.6. The number of rotatable bonds is 5. The second kappa shape index (κ2) is 7.85. The highest BCUT2D eigenvalue weighted by Gasteiger charge is 2.21. The Kier molecular flexibility index (Phi) is 5.24. The third-order valence-electron chi connectivity index (χ3n) is 4.46. The Balaban J connectivity index is 1.69. The molecule has 8 heteroatoms. The van der Waals surface area contributed by atoms with Crippen LogP contribution in [0.25, 0.3) is 22.3 Å². The summed E-state index contributed by atoms with van der Waals surface area (Å²) in [5, 5.41) is 13.7. The van der Waals surface area contributed by atoms with Crippen LogP contribution in [0, 0.1) is 0 Å². The fourth-order valence-electron chi connectivity index (χ4n) is 3.16. The quantitative estimate of drug-likeness (QED) is 0.504. The van der Waals surface area contributed by atoms with Gasteiger partial charge >= 0.3 is 0 Å². The smallest absolute Gasteiger partial charge is 0.258 e. The highest BCUT2D eigenvalue weighted by Crippen LogP contribution is 2.26. The van der Waals surface area contributed by atoms with Crippen molar-refractivity contribution in [2.24, 2.45) is 0 Å². The van der Waals surface area contributed by atoms with E-state index in [1.54, 1.807) is 61.3 Å². The molecule has 4 aromatic rings. The predicted molar refractivity (Wildman–Crippen MR) is 116 cm³/mol. The van der Waals surface area contributed by atoms with Gasteiger partial charge in [0.15, 0.2) is 0 Å². The number of carbonyl (C=O) groups is 1. The molecule has 3 aromatic heterocycles. The zero-order valence-electron chi connectivity index (χ0n) is 16.5. The first kappa shape index (κ1) is 20.0. The summed E-state index contributed by atoms with van der Waals surface area (Å²) in [5.74, 6) is 0.0000657. The summed E-state index contributed by atoms with van der Waals surface area (Å²) in [5.41, 5.74) is 2.29.